The molecule has 0 radical (unpaired) electrons. The average Bonchev–Trinajstić information content (AvgIpc) is 2.47. The fraction of sp³-hybridized carbons (Fsp3) is 0.333. The Morgan fingerprint density at radius 2 is 2.09 bits per heavy atom. The van der Waals surface area contributed by atoms with Crippen molar-refractivity contribution in [3.8, 4) is 0 Å². The summed E-state index contributed by atoms with van der Waals surface area (Å²) in [7, 11) is 3.52. The number of carboxylic acid groups (broad SMARTS) is 1. The maximum Gasteiger partial charge on any atom is 0.341 e. The largest absolute Gasteiger partial charge is 0.477 e. The maximum absolute atomic E-state index is 12.2. The molecule has 0 aliphatic carbocycles. The van der Waals surface area contributed by atoms with Crippen molar-refractivity contribution >= 4 is 22.6 Å². The van der Waals surface area contributed by atoms with Crippen molar-refractivity contribution in [2.45, 2.75) is 19.9 Å². The molecule has 22 heavy (non-hydrogen) atoms. The quantitative estimate of drug-likeness (QED) is 0.679. The van der Waals surface area contributed by atoms with Crippen LogP contribution in [0.4, 0.5) is 5.69 Å². The summed E-state index contributed by atoms with van der Waals surface area (Å²) in [5, 5.41) is 19.1. The summed E-state index contributed by atoms with van der Waals surface area (Å²) >= 11 is 0. The second kappa shape index (κ2) is 6.38. The molecule has 116 valence electrons. The highest BCUT2D eigenvalue weighted by Crippen LogP contribution is 2.21. The molecule has 1 aromatic carbocycles. The number of fused-ring (bicyclic) bond motifs is 1. The van der Waals surface area contributed by atoms with Gasteiger partial charge < -0.3 is 9.67 Å². The number of carboxylic acids is 1. The van der Waals surface area contributed by atoms with Crippen LogP contribution in [0.1, 0.15) is 23.7 Å². The molecular weight excluding hydrogens is 284 g/mol. The molecule has 0 bridgehead atoms. The fourth-order valence-electron chi connectivity index (χ4n) is 2.16. The van der Waals surface area contributed by atoms with Crippen molar-refractivity contribution in [1.29, 1.82) is 0 Å². The minimum atomic E-state index is -1.21. The lowest BCUT2D eigenvalue weighted by Crippen LogP contribution is -2.18. The first-order valence-corrected chi connectivity index (χ1v) is 6.93. The van der Waals surface area contributed by atoms with Crippen LogP contribution in [0.25, 0.3) is 10.9 Å². The van der Waals surface area contributed by atoms with Crippen molar-refractivity contribution in [2.75, 3.05) is 14.1 Å². The summed E-state index contributed by atoms with van der Waals surface area (Å²) in [6, 6.07) is 4.99. The highest BCUT2D eigenvalue weighted by molar-refractivity contribution is 5.93. The third-order valence-electron chi connectivity index (χ3n) is 3.10. The lowest BCUT2D eigenvalue weighted by atomic mass is 10.1. The van der Waals surface area contributed by atoms with E-state index in [9.17, 15) is 9.59 Å². The summed E-state index contributed by atoms with van der Waals surface area (Å²) in [5.41, 5.74) is 0.565. The predicted molar refractivity (Wildman–Crippen MR) is 83.7 cm³/mol. The van der Waals surface area contributed by atoms with Crippen LogP contribution in [-0.4, -0.2) is 34.7 Å². The Kier molecular flexibility index (Phi) is 4.55. The van der Waals surface area contributed by atoms with Gasteiger partial charge in [-0.1, -0.05) is 12.1 Å². The summed E-state index contributed by atoms with van der Waals surface area (Å²) < 4.78 is 1.77. The number of rotatable bonds is 5. The van der Waals surface area contributed by atoms with Gasteiger partial charge in [-0.05, 0) is 24.6 Å². The average molecular weight is 302 g/mol. The Hall–Kier alpha value is -2.70. The van der Waals surface area contributed by atoms with Crippen LogP contribution in [0.3, 0.4) is 0 Å². The molecule has 7 nitrogen and oxygen atoms in total. The molecule has 1 aromatic heterocycles. The molecule has 0 saturated carbocycles. The lowest BCUT2D eigenvalue weighted by Gasteiger charge is -2.11. The van der Waals surface area contributed by atoms with Gasteiger partial charge in [-0.3, -0.25) is 9.80 Å². The molecule has 0 saturated heterocycles. The standard InChI is InChI=1S/C15H18N4O3/c1-4-7-19-9-12(15(21)22)14(20)11-6-5-10(8-13(11)19)16-17-18(2)3/h5-6,8-9H,4,7H2,1-3H3,(H,21,22). The topological polar surface area (TPSA) is 87.3 Å². The van der Waals surface area contributed by atoms with Crippen molar-refractivity contribution in [3.05, 3.63) is 40.2 Å². The van der Waals surface area contributed by atoms with Crippen LogP contribution in [0.2, 0.25) is 0 Å². The van der Waals surface area contributed by atoms with Crippen molar-refractivity contribution < 1.29 is 9.90 Å². The van der Waals surface area contributed by atoms with E-state index in [0.717, 1.165) is 6.42 Å². The van der Waals surface area contributed by atoms with Crippen LogP contribution in [0.15, 0.2) is 39.5 Å². The van der Waals surface area contributed by atoms with Crippen LogP contribution in [0, 0.1) is 0 Å². The van der Waals surface area contributed by atoms with E-state index in [0.29, 0.717) is 23.1 Å². The zero-order valence-electron chi connectivity index (χ0n) is 12.8. The van der Waals surface area contributed by atoms with E-state index in [4.69, 9.17) is 5.11 Å². The van der Waals surface area contributed by atoms with Gasteiger partial charge in [0.15, 0.2) is 0 Å². The first kappa shape index (κ1) is 15.7. The van der Waals surface area contributed by atoms with Crippen LogP contribution >= 0.6 is 0 Å². The van der Waals surface area contributed by atoms with E-state index in [1.807, 2.05) is 6.92 Å². The van der Waals surface area contributed by atoms with E-state index in [1.165, 1.54) is 6.20 Å². The van der Waals surface area contributed by atoms with Crippen molar-refractivity contribution in [2.24, 2.45) is 10.3 Å². The van der Waals surface area contributed by atoms with E-state index in [2.05, 4.69) is 10.3 Å². The Bertz CT molecular complexity index is 793. The third kappa shape index (κ3) is 3.13. The number of hydrogen-bond donors (Lipinski definition) is 1. The molecule has 0 spiro atoms. The number of aromatic nitrogens is 1. The summed E-state index contributed by atoms with van der Waals surface area (Å²) in [6.07, 6.45) is 2.21. The number of aromatic carboxylic acids is 1. The summed E-state index contributed by atoms with van der Waals surface area (Å²) in [4.78, 5) is 23.5. The molecule has 0 fully saturated rings. The van der Waals surface area contributed by atoms with E-state index >= 15 is 0 Å². The molecular formula is C15H18N4O3. The summed E-state index contributed by atoms with van der Waals surface area (Å²) in [6.45, 7) is 2.60. The molecule has 0 atom stereocenters. The van der Waals surface area contributed by atoms with Gasteiger partial charge in [0.05, 0.1) is 11.2 Å². The molecule has 2 aromatic rings. The molecule has 1 heterocycles. The van der Waals surface area contributed by atoms with Gasteiger partial charge in [0.2, 0.25) is 5.43 Å². The second-order valence-corrected chi connectivity index (χ2v) is 5.11. The first-order chi connectivity index (χ1) is 10.4. The van der Waals surface area contributed by atoms with Gasteiger partial charge >= 0.3 is 5.97 Å². The summed E-state index contributed by atoms with van der Waals surface area (Å²) in [5.74, 6) is -1.21. The molecule has 7 heteroatoms. The molecule has 0 aliphatic rings. The highest BCUT2D eigenvalue weighted by atomic mass is 16.4. The van der Waals surface area contributed by atoms with E-state index in [-0.39, 0.29) is 5.56 Å². The van der Waals surface area contributed by atoms with E-state index in [1.54, 1.807) is 41.9 Å². The van der Waals surface area contributed by atoms with Gasteiger partial charge in [-0.2, -0.15) is 0 Å². The number of benzene rings is 1. The van der Waals surface area contributed by atoms with E-state index < -0.39 is 11.4 Å². The molecule has 2 rings (SSSR count). The van der Waals surface area contributed by atoms with Gasteiger partial charge in [-0.15, -0.1) is 5.11 Å². The minimum Gasteiger partial charge on any atom is -0.477 e. The number of hydrogen-bond acceptors (Lipinski definition) is 4. The fourth-order valence-corrected chi connectivity index (χ4v) is 2.16. The number of pyridine rings is 1. The second-order valence-electron chi connectivity index (χ2n) is 5.11. The Balaban J connectivity index is 2.69. The zero-order chi connectivity index (χ0) is 16.3. The Labute approximate surface area is 127 Å². The monoisotopic (exact) mass is 302 g/mol. The van der Waals surface area contributed by atoms with Crippen LogP contribution < -0.4 is 5.43 Å². The van der Waals surface area contributed by atoms with Gasteiger partial charge in [0.1, 0.15) is 5.56 Å². The molecule has 1 N–H and O–H groups in total. The Morgan fingerprint density at radius 3 is 2.68 bits per heavy atom. The predicted octanol–water partition coefficient (Wildman–Crippen LogP) is 2.67. The minimum absolute atomic E-state index is 0.219. The zero-order valence-corrected chi connectivity index (χ0v) is 12.8. The van der Waals surface area contributed by atoms with Crippen molar-refractivity contribution in [1.82, 2.24) is 9.58 Å². The van der Waals surface area contributed by atoms with Gasteiger partial charge in [-0.25, -0.2) is 4.79 Å². The number of carbonyl (C=O) groups is 1. The third-order valence-corrected chi connectivity index (χ3v) is 3.10. The SMILES string of the molecule is CCCn1cc(C(=O)O)c(=O)c2ccc(N=NN(C)C)cc21. The van der Waals surface area contributed by atoms with Crippen LogP contribution in [-0.2, 0) is 6.54 Å². The highest BCUT2D eigenvalue weighted by Gasteiger charge is 2.14. The number of nitrogens with zero attached hydrogens (tertiary/aromatic N) is 4. The number of aryl methyl sites for hydroxylation is 1. The first-order valence-electron chi connectivity index (χ1n) is 6.93. The normalized spacial score (nSPS) is 11.2. The van der Waals surface area contributed by atoms with Gasteiger partial charge in [0, 0.05) is 32.2 Å². The smallest absolute Gasteiger partial charge is 0.341 e. The molecule has 0 unspecified atom stereocenters. The molecule has 0 amide bonds. The van der Waals surface area contributed by atoms with Gasteiger partial charge in [0.25, 0.3) is 0 Å². The lowest BCUT2D eigenvalue weighted by molar-refractivity contribution is 0.0695. The maximum atomic E-state index is 12.2. The van der Waals surface area contributed by atoms with Crippen LogP contribution in [0.5, 0.6) is 0 Å². The van der Waals surface area contributed by atoms with Crippen molar-refractivity contribution in [3.63, 3.8) is 0 Å². The molecule has 0 aliphatic heterocycles. The Morgan fingerprint density at radius 1 is 1.36 bits per heavy atom.